The fourth-order valence-electron chi connectivity index (χ4n) is 2.50. The highest BCUT2D eigenvalue weighted by Crippen LogP contribution is 2.23. The molecule has 0 radical (unpaired) electrons. The SMILES string of the molecule is Nc1cccnc1N1CCN(c2ccc(F)cc2)CC1. The van der Waals surface area contributed by atoms with Crippen LogP contribution in [0.5, 0.6) is 0 Å². The zero-order chi connectivity index (χ0) is 13.9. The Labute approximate surface area is 117 Å². The summed E-state index contributed by atoms with van der Waals surface area (Å²) < 4.78 is 12.9. The Morgan fingerprint density at radius 3 is 2.25 bits per heavy atom. The van der Waals surface area contributed by atoms with Crippen molar-refractivity contribution in [2.75, 3.05) is 41.7 Å². The zero-order valence-corrected chi connectivity index (χ0v) is 11.2. The molecule has 0 unspecified atom stereocenters. The quantitative estimate of drug-likeness (QED) is 0.909. The Morgan fingerprint density at radius 1 is 0.950 bits per heavy atom. The van der Waals surface area contributed by atoms with Gasteiger partial charge in [-0.05, 0) is 36.4 Å². The number of hydrogen-bond acceptors (Lipinski definition) is 4. The van der Waals surface area contributed by atoms with Crippen LogP contribution in [0.15, 0.2) is 42.6 Å². The molecule has 2 heterocycles. The smallest absolute Gasteiger partial charge is 0.151 e. The van der Waals surface area contributed by atoms with Gasteiger partial charge in [-0.15, -0.1) is 0 Å². The van der Waals surface area contributed by atoms with Crippen molar-refractivity contribution in [1.82, 2.24) is 4.98 Å². The number of rotatable bonds is 2. The van der Waals surface area contributed by atoms with Crippen LogP contribution in [0.3, 0.4) is 0 Å². The molecule has 1 aromatic heterocycles. The fourth-order valence-corrected chi connectivity index (χ4v) is 2.50. The summed E-state index contributed by atoms with van der Waals surface area (Å²) in [5.41, 5.74) is 7.72. The van der Waals surface area contributed by atoms with Crippen molar-refractivity contribution in [3.8, 4) is 0 Å². The molecule has 5 heteroatoms. The normalized spacial score (nSPS) is 15.4. The molecule has 0 atom stereocenters. The van der Waals surface area contributed by atoms with Crippen molar-refractivity contribution in [2.24, 2.45) is 0 Å². The van der Waals surface area contributed by atoms with Gasteiger partial charge in [0.15, 0.2) is 5.82 Å². The van der Waals surface area contributed by atoms with Gasteiger partial charge in [0.05, 0.1) is 5.69 Å². The molecular formula is C15H17FN4. The van der Waals surface area contributed by atoms with Crippen molar-refractivity contribution in [3.05, 3.63) is 48.4 Å². The van der Waals surface area contributed by atoms with Crippen LogP contribution in [-0.4, -0.2) is 31.2 Å². The summed E-state index contributed by atoms with van der Waals surface area (Å²) in [6.07, 6.45) is 1.76. The first-order valence-electron chi connectivity index (χ1n) is 6.70. The summed E-state index contributed by atoms with van der Waals surface area (Å²) in [4.78, 5) is 8.78. The Balaban J connectivity index is 1.68. The van der Waals surface area contributed by atoms with Crippen LogP contribution in [0.4, 0.5) is 21.6 Å². The molecule has 0 saturated carbocycles. The predicted molar refractivity (Wildman–Crippen MR) is 79.5 cm³/mol. The van der Waals surface area contributed by atoms with E-state index in [1.807, 2.05) is 24.3 Å². The number of piperazine rings is 1. The number of aromatic nitrogens is 1. The van der Waals surface area contributed by atoms with Crippen LogP contribution in [-0.2, 0) is 0 Å². The molecule has 1 aromatic carbocycles. The number of nitrogens with two attached hydrogens (primary N) is 1. The van der Waals surface area contributed by atoms with E-state index >= 15 is 0 Å². The predicted octanol–water partition coefficient (Wildman–Crippen LogP) is 2.13. The molecule has 0 spiro atoms. The molecule has 2 N–H and O–H groups in total. The van der Waals surface area contributed by atoms with Gasteiger partial charge < -0.3 is 15.5 Å². The third kappa shape index (κ3) is 2.52. The minimum absolute atomic E-state index is 0.200. The van der Waals surface area contributed by atoms with Gasteiger partial charge in [0.2, 0.25) is 0 Å². The molecule has 1 aliphatic rings. The van der Waals surface area contributed by atoms with Crippen LogP contribution in [0, 0.1) is 5.82 Å². The number of anilines is 3. The molecule has 1 aliphatic heterocycles. The lowest BCUT2D eigenvalue weighted by Crippen LogP contribution is -2.47. The second-order valence-electron chi connectivity index (χ2n) is 4.87. The Kier molecular flexibility index (Phi) is 3.41. The maximum absolute atomic E-state index is 12.9. The number of halogens is 1. The van der Waals surface area contributed by atoms with E-state index in [4.69, 9.17) is 5.73 Å². The van der Waals surface area contributed by atoms with E-state index in [9.17, 15) is 4.39 Å². The van der Waals surface area contributed by atoms with Crippen LogP contribution in [0.2, 0.25) is 0 Å². The van der Waals surface area contributed by atoms with E-state index in [-0.39, 0.29) is 5.82 Å². The highest BCUT2D eigenvalue weighted by atomic mass is 19.1. The zero-order valence-electron chi connectivity index (χ0n) is 11.2. The van der Waals surface area contributed by atoms with Crippen molar-refractivity contribution in [3.63, 3.8) is 0 Å². The van der Waals surface area contributed by atoms with Crippen LogP contribution < -0.4 is 15.5 Å². The van der Waals surface area contributed by atoms with Crippen molar-refractivity contribution < 1.29 is 4.39 Å². The molecule has 1 saturated heterocycles. The van der Waals surface area contributed by atoms with E-state index in [1.165, 1.54) is 12.1 Å². The molecule has 0 aliphatic carbocycles. The highest BCUT2D eigenvalue weighted by molar-refractivity contribution is 5.63. The maximum Gasteiger partial charge on any atom is 0.151 e. The number of nitrogen functional groups attached to an aromatic ring is 1. The van der Waals surface area contributed by atoms with Gasteiger partial charge in [0.1, 0.15) is 5.82 Å². The minimum Gasteiger partial charge on any atom is -0.396 e. The molecule has 4 nitrogen and oxygen atoms in total. The van der Waals surface area contributed by atoms with E-state index < -0.39 is 0 Å². The molecular weight excluding hydrogens is 255 g/mol. The summed E-state index contributed by atoms with van der Waals surface area (Å²) in [5.74, 6) is 0.653. The van der Waals surface area contributed by atoms with E-state index in [0.717, 1.165) is 37.7 Å². The lowest BCUT2D eigenvalue weighted by Gasteiger charge is -2.37. The molecule has 2 aromatic rings. The second-order valence-corrected chi connectivity index (χ2v) is 4.87. The molecule has 0 bridgehead atoms. The summed E-state index contributed by atoms with van der Waals surface area (Å²) in [7, 11) is 0. The van der Waals surface area contributed by atoms with Gasteiger partial charge in [0, 0.05) is 38.1 Å². The van der Waals surface area contributed by atoms with Crippen molar-refractivity contribution in [1.29, 1.82) is 0 Å². The average molecular weight is 272 g/mol. The summed E-state index contributed by atoms with van der Waals surface area (Å²) in [6, 6.07) is 10.3. The number of benzene rings is 1. The largest absolute Gasteiger partial charge is 0.396 e. The standard InChI is InChI=1S/C15H17FN4/c16-12-3-5-13(6-4-12)19-8-10-20(11-9-19)15-14(17)2-1-7-18-15/h1-7H,8-11,17H2. The topological polar surface area (TPSA) is 45.4 Å². The Morgan fingerprint density at radius 2 is 1.60 bits per heavy atom. The second kappa shape index (κ2) is 5.36. The van der Waals surface area contributed by atoms with Gasteiger partial charge in [-0.3, -0.25) is 0 Å². The minimum atomic E-state index is -0.200. The van der Waals surface area contributed by atoms with Crippen molar-refractivity contribution >= 4 is 17.2 Å². The maximum atomic E-state index is 12.9. The average Bonchev–Trinajstić information content (AvgIpc) is 2.49. The van der Waals surface area contributed by atoms with Gasteiger partial charge >= 0.3 is 0 Å². The lowest BCUT2D eigenvalue weighted by atomic mass is 10.2. The fraction of sp³-hybridized carbons (Fsp3) is 0.267. The van der Waals surface area contributed by atoms with E-state index in [2.05, 4.69) is 14.8 Å². The summed E-state index contributed by atoms with van der Waals surface area (Å²) in [6.45, 7) is 3.47. The van der Waals surface area contributed by atoms with Crippen molar-refractivity contribution in [2.45, 2.75) is 0 Å². The Bertz CT molecular complexity index is 577. The third-order valence-electron chi connectivity index (χ3n) is 3.59. The van der Waals surface area contributed by atoms with Gasteiger partial charge in [-0.2, -0.15) is 0 Å². The van der Waals surface area contributed by atoms with Crippen LogP contribution >= 0.6 is 0 Å². The van der Waals surface area contributed by atoms with E-state index in [1.54, 1.807) is 6.20 Å². The molecule has 104 valence electrons. The van der Waals surface area contributed by atoms with Crippen LogP contribution in [0.25, 0.3) is 0 Å². The Hall–Kier alpha value is -2.30. The molecule has 0 amide bonds. The molecule has 20 heavy (non-hydrogen) atoms. The van der Waals surface area contributed by atoms with E-state index in [0.29, 0.717) is 5.69 Å². The molecule has 1 fully saturated rings. The number of nitrogens with zero attached hydrogens (tertiary/aromatic N) is 3. The van der Waals surface area contributed by atoms with Crippen LogP contribution in [0.1, 0.15) is 0 Å². The number of pyridine rings is 1. The monoisotopic (exact) mass is 272 g/mol. The number of hydrogen-bond donors (Lipinski definition) is 1. The first-order valence-corrected chi connectivity index (χ1v) is 6.70. The van der Waals surface area contributed by atoms with Gasteiger partial charge in [-0.25, -0.2) is 9.37 Å². The first-order chi connectivity index (χ1) is 9.74. The van der Waals surface area contributed by atoms with Gasteiger partial charge in [0.25, 0.3) is 0 Å². The first kappa shape index (κ1) is 12.7. The summed E-state index contributed by atoms with van der Waals surface area (Å²) >= 11 is 0. The lowest BCUT2D eigenvalue weighted by molar-refractivity contribution is 0.624. The summed E-state index contributed by atoms with van der Waals surface area (Å²) in [5, 5.41) is 0. The third-order valence-corrected chi connectivity index (χ3v) is 3.59. The molecule has 3 rings (SSSR count). The highest BCUT2D eigenvalue weighted by Gasteiger charge is 2.19. The van der Waals surface area contributed by atoms with Gasteiger partial charge in [-0.1, -0.05) is 0 Å².